The molecule has 1 N–H and O–H groups in total. The van der Waals surface area contributed by atoms with Crippen molar-refractivity contribution >= 4 is 43.5 Å². The van der Waals surface area contributed by atoms with Crippen molar-refractivity contribution in [3.63, 3.8) is 0 Å². The number of anilines is 1. The molecule has 2 rings (SSSR count). The number of benzene rings is 2. The zero-order chi connectivity index (χ0) is 24.8. The van der Waals surface area contributed by atoms with Crippen molar-refractivity contribution in [3.05, 3.63) is 63.6 Å². The Bertz CT molecular complexity index is 1090. The molecule has 0 aliphatic carbocycles. The first kappa shape index (κ1) is 26.9. The molecule has 180 valence electrons. The fourth-order valence-corrected chi connectivity index (χ4v) is 4.68. The lowest BCUT2D eigenvalue weighted by molar-refractivity contribution is -0.140. The van der Waals surface area contributed by atoms with E-state index in [1.165, 1.54) is 16.3 Å². The zero-order valence-corrected chi connectivity index (χ0v) is 22.2. The number of carbonyl (C=O) groups is 2. The second-order valence-electron chi connectivity index (χ2n) is 8.15. The van der Waals surface area contributed by atoms with Gasteiger partial charge in [-0.15, -0.1) is 0 Å². The fraction of sp³-hybridized carbons (Fsp3) is 0.417. The largest absolute Gasteiger partial charge is 0.357 e. The minimum absolute atomic E-state index is 0.120. The lowest BCUT2D eigenvalue weighted by Crippen LogP contribution is -2.46. The summed E-state index contributed by atoms with van der Waals surface area (Å²) in [5, 5.41) is 2.59. The standard InChI is InChI=1S/C24H32BrN3O4S/c1-17-8-13-22(15-18(17)2)28(33(5,31)32)14-6-7-23(29)27(19(3)24(30)26-4)16-20-9-11-21(25)12-10-20/h8-13,15,19H,6-7,14,16H2,1-5H3,(H,26,30). The van der Waals surface area contributed by atoms with Crippen molar-refractivity contribution in [2.24, 2.45) is 0 Å². The summed E-state index contributed by atoms with van der Waals surface area (Å²) in [4.78, 5) is 26.9. The Morgan fingerprint density at radius 2 is 1.70 bits per heavy atom. The van der Waals surface area contributed by atoms with E-state index in [1.807, 2.05) is 50.2 Å². The maximum atomic E-state index is 13.1. The second-order valence-corrected chi connectivity index (χ2v) is 11.0. The van der Waals surface area contributed by atoms with Crippen LogP contribution in [-0.2, 0) is 26.2 Å². The monoisotopic (exact) mass is 537 g/mol. The van der Waals surface area contributed by atoms with Crippen LogP contribution in [-0.4, -0.2) is 51.0 Å². The molecule has 0 fully saturated rings. The Labute approximate surface area is 205 Å². The Morgan fingerprint density at radius 3 is 2.24 bits per heavy atom. The van der Waals surface area contributed by atoms with Gasteiger partial charge in [0.2, 0.25) is 21.8 Å². The van der Waals surface area contributed by atoms with Gasteiger partial charge in [-0.05, 0) is 68.1 Å². The molecule has 0 aromatic heterocycles. The van der Waals surface area contributed by atoms with Crippen molar-refractivity contribution in [2.45, 2.75) is 46.2 Å². The first-order valence-electron chi connectivity index (χ1n) is 10.7. The van der Waals surface area contributed by atoms with E-state index < -0.39 is 16.1 Å². The van der Waals surface area contributed by atoms with Gasteiger partial charge in [-0.2, -0.15) is 0 Å². The minimum Gasteiger partial charge on any atom is -0.357 e. The fourth-order valence-electron chi connectivity index (χ4n) is 3.46. The number of hydrogen-bond acceptors (Lipinski definition) is 4. The Balaban J connectivity index is 2.15. The highest BCUT2D eigenvalue weighted by Gasteiger charge is 2.26. The smallest absolute Gasteiger partial charge is 0.242 e. The number of halogens is 1. The average molecular weight is 539 g/mol. The summed E-state index contributed by atoms with van der Waals surface area (Å²) in [7, 11) is -1.98. The SMILES string of the molecule is CNC(=O)C(C)N(Cc1ccc(Br)cc1)C(=O)CCCN(c1ccc(C)c(C)c1)S(C)(=O)=O. The van der Waals surface area contributed by atoms with E-state index in [9.17, 15) is 18.0 Å². The summed E-state index contributed by atoms with van der Waals surface area (Å²) >= 11 is 3.40. The number of hydrogen-bond donors (Lipinski definition) is 1. The normalized spacial score (nSPS) is 12.2. The van der Waals surface area contributed by atoms with E-state index in [-0.39, 0.29) is 31.3 Å². The molecule has 9 heteroatoms. The van der Waals surface area contributed by atoms with E-state index in [4.69, 9.17) is 0 Å². The summed E-state index contributed by atoms with van der Waals surface area (Å²) in [5.41, 5.74) is 3.56. The molecule has 2 amide bonds. The zero-order valence-electron chi connectivity index (χ0n) is 19.8. The van der Waals surface area contributed by atoms with Crippen LogP contribution in [0.15, 0.2) is 46.9 Å². The van der Waals surface area contributed by atoms with Crippen LogP contribution in [0.1, 0.15) is 36.5 Å². The van der Waals surface area contributed by atoms with E-state index in [0.717, 1.165) is 27.4 Å². The quantitative estimate of drug-likeness (QED) is 0.499. The highest BCUT2D eigenvalue weighted by Crippen LogP contribution is 2.22. The van der Waals surface area contributed by atoms with Crippen LogP contribution < -0.4 is 9.62 Å². The van der Waals surface area contributed by atoms with Gasteiger partial charge in [0.05, 0.1) is 11.9 Å². The van der Waals surface area contributed by atoms with Crippen LogP contribution in [0.2, 0.25) is 0 Å². The van der Waals surface area contributed by atoms with Crippen molar-refractivity contribution in [1.29, 1.82) is 0 Å². The van der Waals surface area contributed by atoms with Crippen LogP contribution in [0.25, 0.3) is 0 Å². The molecule has 0 heterocycles. The molecule has 1 unspecified atom stereocenters. The molecule has 1 atom stereocenters. The summed E-state index contributed by atoms with van der Waals surface area (Å²) in [6.45, 7) is 6.05. The summed E-state index contributed by atoms with van der Waals surface area (Å²) < 4.78 is 27.1. The van der Waals surface area contributed by atoms with Crippen LogP contribution in [0.5, 0.6) is 0 Å². The highest BCUT2D eigenvalue weighted by molar-refractivity contribution is 9.10. The minimum atomic E-state index is -3.51. The van der Waals surface area contributed by atoms with Crippen molar-refractivity contribution in [2.75, 3.05) is 24.2 Å². The van der Waals surface area contributed by atoms with Crippen LogP contribution in [0.4, 0.5) is 5.69 Å². The molecule has 0 spiro atoms. The summed E-state index contributed by atoms with van der Waals surface area (Å²) in [6, 6.07) is 12.4. The Morgan fingerprint density at radius 1 is 1.06 bits per heavy atom. The summed E-state index contributed by atoms with van der Waals surface area (Å²) in [5.74, 6) is -0.462. The van der Waals surface area contributed by atoms with Gasteiger partial charge in [0.15, 0.2) is 0 Å². The lowest BCUT2D eigenvalue weighted by Gasteiger charge is -2.29. The maximum Gasteiger partial charge on any atom is 0.242 e. The molecule has 0 saturated carbocycles. The highest BCUT2D eigenvalue weighted by atomic mass is 79.9. The molecule has 2 aromatic carbocycles. The van der Waals surface area contributed by atoms with Crippen LogP contribution in [0.3, 0.4) is 0 Å². The van der Waals surface area contributed by atoms with Gasteiger partial charge in [-0.25, -0.2) is 8.42 Å². The number of nitrogens with zero attached hydrogens (tertiary/aromatic N) is 2. The number of aryl methyl sites for hydroxylation is 2. The number of nitrogens with one attached hydrogen (secondary N) is 1. The third-order valence-electron chi connectivity index (χ3n) is 5.61. The molecule has 2 aromatic rings. The van der Waals surface area contributed by atoms with Crippen molar-refractivity contribution in [1.82, 2.24) is 10.2 Å². The number of carbonyl (C=O) groups excluding carboxylic acids is 2. The van der Waals surface area contributed by atoms with Gasteiger partial charge in [0.25, 0.3) is 0 Å². The Hall–Kier alpha value is -2.39. The molecular weight excluding hydrogens is 506 g/mol. The predicted molar refractivity (Wildman–Crippen MR) is 136 cm³/mol. The van der Waals surface area contributed by atoms with Gasteiger partial charge in [0, 0.05) is 31.0 Å². The average Bonchev–Trinajstić information content (AvgIpc) is 2.76. The van der Waals surface area contributed by atoms with Crippen molar-refractivity contribution < 1.29 is 18.0 Å². The molecular formula is C24H32BrN3O4S. The van der Waals surface area contributed by atoms with E-state index in [2.05, 4.69) is 21.2 Å². The Kier molecular flexibility index (Phi) is 9.48. The van der Waals surface area contributed by atoms with Crippen LogP contribution >= 0.6 is 15.9 Å². The molecule has 0 bridgehead atoms. The van der Waals surface area contributed by atoms with E-state index in [0.29, 0.717) is 12.1 Å². The molecule has 33 heavy (non-hydrogen) atoms. The molecule has 0 radical (unpaired) electrons. The number of sulfonamides is 1. The van der Waals surface area contributed by atoms with Gasteiger partial charge in [-0.3, -0.25) is 13.9 Å². The number of amides is 2. The lowest BCUT2D eigenvalue weighted by atomic mass is 10.1. The van der Waals surface area contributed by atoms with Gasteiger partial charge in [0.1, 0.15) is 6.04 Å². The number of rotatable bonds is 10. The van der Waals surface area contributed by atoms with Crippen LogP contribution in [0, 0.1) is 13.8 Å². The number of likely N-dealkylation sites (N-methyl/N-ethyl adjacent to an activating group) is 1. The van der Waals surface area contributed by atoms with Crippen molar-refractivity contribution in [3.8, 4) is 0 Å². The molecule has 0 aliphatic heterocycles. The second kappa shape index (κ2) is 11.7. The third kappa shape index (κ3) is 7.57. The maximum absolute atomic E-state index is 13.1. The van der Waals surface area contributed by atoms with E-state index >= 15 is 0 Å². The first-order chi connectivity index (χ1) is 15.4. The van der Waals surface area contributed by atoms with Gasteiger partial charge < -0.3 is 10.2 Å². The first-order valence-corrected chi connectivity index (χ1v) is 13.4. The predicted octanol–water partition coefficient (Wildman–Crippen LogP) is 3.78. The molecule has 7 nitrogen and oxygen atoms in total. The topological polar surface area (TPSA) is 86.8 Å². The third-order valence-corrected chi connectivity index (χ3v) is 7.33. The van der Waals surface area contributed by atoms with E-state index in [1.54, 1.807) is 13.0 Å². The summed E-state index contributed by atoms with van der Waals surface area (Å²) in [6.07, 6.45) is 1.61. The molecule has 0 saturated heterocycles. The molecule has 0 aliphatic rings. The van der Waals surface area contributed by atoms with Gasteiger partial charge >= 0.3 is 0 Å². The van der Waals surface area contributed by atoms with Gasteiger partial charge in [-0.1, -0.05) is 34.1 Å².